The minimum Gasteiger partial charge on any atom is -0.323 e. The number of hydrogen-bond donors (Lipinski definition) is 1. The highest BCUT2D eigenvalue weighted by Crippen LogP contribution is 2.16. The van der Waals surface area contributed by atoms with Crippen LogP contribution in [-0.4, -0.2) is 55.7 Å². The largest absolute Gasteiger partial charge is 0.324 e. The predicted molar refractivity (Wildman–Crippen MR) is 63.7 cm³/mol. The van der Waals surface area contributed by atoms with E-state index in [4.69, 9.17) is 11.6 Å². The van der Waals surface area contributed by atoms with Gasteiger partial charge in [-0.15, -0.1) is 11.6 Å². The monoisotopic (exact) mass is 282 g/mol. The van der Waals surface area contributed by atoms with Gasteiger partial charge in [0.05, 0.1) is 11.5 Å². The first-order chi connectivity index (χ1) is 7.85. The van der Waals surface area contributed by atoms with Gasteiger partial charge in [0.1, 0.15) is 0 Å². The number of imide groups is 1. The standard InChI is InChI=1S/C9H15ClN2O4S/c1-12(7-3-5-17(15,16)6-7)9(14)11-8(13)2-4-10/h7H,2-6H2,1H3,(H,11,13,14). The number of hydrogen-bond acceptors (Lipinski definition) is 4. The molecule has 8 heteroatoms. The van der Waals surface area contributed by atoms with Crippen LogP contribution in [-0.2, 0) is 14.6 Å². The number of rotatable bonds is 3. The maximum Gasteiger partial charge on any atom is 0.324 e. The molecule has 17 heavy (non-hydrogen) atoms. The van der Waals surface area contributed by atoms with E-state index in [1.165, 1.54) is 11.9 Å². The summed E-state index contributed by atoms with van der Waals surface area (Å²) >= 11 is 5.36. The number of amides is 3. The van der Waals surface area contributed by atoms with Crippen LogP contribution in [0.25, 0.3) is 0 Å². The molecule has 0 aromatic carbocycles. The number of urea groups is 1. The third-order valence-electron chi connectivity index (χ3n) is 2.64. The van der Waals surface area contributed by atoms with Crippen molar-refractivity contribution in [2.45, 2.75) is 18.9 Å². The summed E-state index contributed by atoms with van der Waals surface area (Å²) < 4.78 is 22.5. The molecule has 1 saturated heterocycles. The fraction of sp³-hybridized carbons (Fsp3) is 0.778. The highest BCUT2D eigenvalue weighted by molar-refractivity contribution is 7.91. The lowest BCUT2D eigenvalue weighted by molar-refractivity contribution is -0.119. The van der Waals surface area contributed by atoms with Crippen molar-refractivity contribution in [3.8, 4) is 0 Å². The van der Waals surface area contributed by atoms with Crippen LogP contribution < -0.4 is 5.32 Å². The summed E-state index contributed by atoms with van der Waals surface area (Å²) in [4.78, 5) is 24.0. The summed E-state index contributed by atoms with van der Waals surface area (Å²) in [6, 6.07) is -0.939. The van der Waals surface area contributed by atoms with Gasteiger partial charge in [0, 0.05) is 25.4 Å². The van der Waals surface area contributed by atoms with Gasteiger partial charge in [0.25, 0.3) is 0 Å². The fourth-order valence-corrected chi connectivity index (χ4v) is 3.55. The second kappa shape index (κ2) is 5.68. The number of carbonyl (C=O) groups is 2. The Morgan fingerprint density at radius 2 is 2.12 bits per heavy atom. The van der Waals surface area contributed by atoms with Crippen LogP contribution in [0.2, 0.25) is 0 Å². The van der Waals surface area contributed by atoms with E-state index in [-0.39, 0.29) is 29.8 Å². The molecule has 1 fully saturated rings. The SMILES string of the molecule is CN(C(=O)NC(=O)CCCl)C1CCS(=O)(=O)C1. The number of sulfone groups is 1. The Labute approximate surface area is 105 Å². The third-order valence-corrected chi connectivity index (χ3v) is 4.58. The van der Waals surface area contributed by atoms with Crippen LogP contribution in [0.5, 0.6) is 0 Å². The molecule has 0 spiro atoms. The van der Waals surface area contributed by atoms with Gasteiger partial charge in [-0.2, -0.15) is 0 Å². The molecule has 3 amide bonds. The molecular formula is C9H15ClN2O4S. The first kappa shape index (κ1) is 14.2. The van der Waals surface area contributed by atoms with Gasteiger partial charge in [-0.05, 0) is 6.42 Å². The van der Waals surface area contributed by atoms with E-state index in [1.54, 1.807) is 0 Å². The first-order valence-electron chi connectivity index (χ1n) is 5.19. The second-order valence-electron chi connectivity index (χ2n) is 3.96. The zero-order valence-corrected chi connectivity index (χ0v) is 11.1. The lowest BCUT2D eigenvalue weighted by atomic mass is 10.2. The van der Waals surface area contributed by atoms with Gasteiger partial charge in [-0.25, -0.2) is 13.2 Å². The minimum atomic E-state index is -3.04. The molecule has 6 nitrogen and oxygen atoms in total. The smallest absolute Gasteiger partial charge is 0.323 e. The number of nitrogens with zero attached hydrogens (tertiary/aromatic N) is 1. The Morgan fingerprint density at radius 3 is 2.59 bits per heavy atom. The molecule has 1 unspecified atom stereocenters. The number of alkyl halides is 1. The van der Waals surface area contributed by atoms with E-state index in [9.17, 15) is 18.0 Å². The Hall–Kier alpha value is -0.820. The Kier molecular flexibility index (Phi) is 4.76. The Balaban J connectivity index is 2.50. The first-order valence-corrected chi connectivity index (χ1v) is 7.54. The second-order valence-corrected chi connectivity index (χ2v) is 6.57. The molecule has 0 aromatic heterocycles. The molecule has 1 aliphatic rings. The molecule has 98 valence electrons. The van der Waals surface area contributed by atoms with Crippen LogP contribution >= 0.6 is 11.6 Å². The van der Waals surface area contributed by atoms with Crippen LogP contribution in [0.4, 0.5) is 4.79 Å². The summed E-state index contributed by atoms with van der Waals surface area (Å²) in [6.07, 6.45) is 0.472. The van der Waals surface area contributed by atoms with Crippen molar-refractivity contribution < 1.29 is 18.0 Å². The van der Waals surface area contributed by atoms with Gasteiger partial charge in [0.15, 0.2) is 9.84 Å². The molecule has 0 aliphatic carbocycles. The van der Waals surface area contributed by atoms with Gasteiger partial charge in [-0.1, -0.05) is 0 Å². The van der Waals surface area contributed by atoms with E-state index >= 15 is 0 Å². The highest BCUT2D eigenvalue weighted by Gasteiger charge is 2.33. The normalized spacial score (nSPS) is 22.1. The zero-order chi connectivity index (χ0) is 13.1. The van der Waals surface area contributed by atoms with Crippen LogP contribution in [0.15, 0.2) is 0 Å². The molecule has 1 atom stereocenters. The summed E-state index contributed by atoms with van der Waals surface area (Å²) in [5.74, 6) is -0.274. The fourth-order valence-electron chi connectivity index (χ4n) is 1.60. The van der Waals surface area contributed by atoms with Gasteiger partial charge in [-0.3, -0.25) is 10.1 Å². The van der Waals surface area contributed by atoms with E-state index in [1.807, 2.05) is 0 Å². The summed E-state index contributed by atoms with van der Waals surface area (Å²) in [5.41, 5.74) is 0. The third kappa shape index (κ3) is 4.16. The van der Waals surface area contributed by atoms with Crippen molar-refractivity contribution in [3.63, 3.8) is 0 Å². The zero-order valence-electron chi connectivity index (χ0n) is 9.48. The summed E-state index contributed by atoms with van der Waals surface area (Å²) in [6.45, 7) is 0. The van der Waals surface area contributed by atoms with Crippen LogP contribution in [0.1, 0.15) is 12.8 Å². The van der Waals surface area contributed by atoms with E-state index < -0.39 is 21.8 Å². The van der Waals surface area contributed by atoms with E-state index in [2.05, 4.69) is 5.32 Å². The molecule has 1 rings (SSSR count). The average Bonchev–Trinajstić information content (AvgIpc) is 2.58. The molecule has 0 aromatic rings. The molecule has 0 radical (unpaired) electrons. The Bertz CT molecular complexity index is 409. The van der Waals surface area contributed by atoms with E-state index in [0.717, 1.165) is 0 Å². The number of carbonyl (C=O) groups excluding carboxylic acids is 2. The maximum absolute atomic E-state index is 11.6. The van der Waals surface area contributed by atoms with Crippen molar-refractivity contribution in [1.29, 1.82) is 0 Å². The molecule has 0 bridgehead atoms. The van der Waals surface area contributed by atoms with E-state index in [0.29, 0.717) is 6.42 Å². The van der Waals surface area contributed by atoms with Crippen molar-refractivity contribution in [3.05, 3.63) is 0 Å². The molecule has 1 aliphatic heterocycles. The van der Waals surface area contributed by atoms with Crippen LogP contribution in [0, 0.1) is 0 Å². The molecule has 1 N–H and O–H groups in total. The average molecular weight is 283 g/mol. The predicted octanol–water partition coefficient (Wildman–Crippen LogP) is -0.0296. The molecule has 0 saturated carbocycles. The number of nitrogens with one attached hydrogen (secondary N) is 1. The highest BCUT2D eigenvalue weighted by atomic mass is 35.5. The summed E-state index contributed by atoms with van der Waals surface area (Å²) in [7, 11) is -1.56. The van der Waals surface area contributed by atoms with Crippen molar-refractivity contribution in [2.24, 2.45) is 0 Å². The van der Waals surface area contributed by atoms with Gasteiger partial charge < -0.3 is 4.90 Å². The Morgan fingerprint density at radius 1 is 1.47 bits per heavy atom. The van der Waals surface area contributed by atoms with Crippen LogP contribution in [0.3, 0.4) is 0 Å². The lowest BCUT2D eigenvalue weighted by Gasteiger charge is -2.23. The van der Waals surface area contributed by atoms with Crippen molar-refractivity contribution in [1.82, 2.24) is 10.2 Å². The van der Waals surface area contributed by atoms with Crippen molar-refractivity contribution in [2.75, 3.05) is 24.4 Å². The summed E-state index contributed by atoms with van der Waals surface area (Å²) in [5, 5.41) is 2.15. The maximum atomic E-state index is 11.6. The van der Waals surface area contributed by atoms with Gasteiger partial charge >= 0.3 is 6.03 Å². The lowest BCUT2D eigenvalue weighted by Crippen LogP contribution is -2.46. The molecule has 1 heterocycles. The number of halogens is 1. The minimum absolute atomic E-state index is 0.0411. The van der Waals surface area contributed by atoms with Crippen molar-refractivity contribution >= 4 is 33.4 Å². The quantitative estimate of drug-likeness (QED) is 0.737. The topological polar surface area (TPSA) is 83.6 Å². The van der Waals surface area contributed by atoms with Gasteiger partial charge in [0.2, 0.25) is 5.91 Å². The molecular weight excluding hydrogens is 268 g/mol.